The van der Waals surface area contributed by atoms with Crippen LogP contribution in [0.1, 0.15) is 17.9 Å². The van der Waals surface area contributed by atoms with Gasteiger partial charge in [0.05, 0.1) is 18.1 Å². The first-order chi connectivity index (χ1) is 18.3. The zero-order chi connectivity index (χ0) is 26.7. The molecule has 2 aromatic heterocycles. The van der Waals surface area contributed by atoms with Crippen LogP contribution in [-0.2, 0) is 16.4 Å². The lowest BCUT2D eigenvalue weighted by molar-refractivity contribution is 0.116. The van der Waals surface area contributed by atoms with Crippen molar-refractivity contribution in [3.8, 4) is 22.6 Å². The number of halogens is 2. The number of carbonyl (C=O) groups excluding carboxylic acids is 1. The Hall–Kier alpha value is -4.19. The van der Waals surface area contributed by atoms with Crippen LogP contribution in [0.25, 0.3) is 22.6 Å². The lowest BCUT2D eigenvalue weighted by atomic mass is 10.1. The third-order valence-corrected chi connectivity index (χ3v) is 7.80. The third kappa shape index (κ3) is 5.70. The minimum absolute atomic E-state index is 0.0275. The first kappa shape index (κ1) is 25.5. The maximum absolute atomic E-state index is 13.6. The second kappa shape index (κ2) is 10.7. The second-order valence-corrected chi connectivity index (χ2v) is 11.0. The number of rotatable bonds is 6. The van der Waals surface area contributed by atoms with Crippen LogP contribution in [0.4, 0.5) is 19.3 Å². The summed E-state index contributed by atoms with van der Waals surface area (Å²) in [7, 11) is -3.15. The Morgan fingerprint density at radius 2 is 1.63 bits per heavy atom. The molecule has 9 nitrogen and oxygen atoms in total. The summed E-state index contributed by atoms with van der Waals surface area (Å²) in [5.41, 5.74) is 3.73. The lowest BCUT2D eigenvalue weighted by Crippen LogP contribution is -2.49. The van der Waals surface area contributed by atoms with E-state index in [1.807, 2.05) is 36.4 Å². The van der Waals surface area contributed by atoms with E-state index in [1.54, 1.807) is 41.6 Å². The number of anilines is 1. The van der Waals surface area contributed by atoms with Gasteiger partial charge in [-0.05, 0) is 47.0 Å². The highest BCUT2D eigenvalue weighted by molar-refractivity contribution is 7.91. The molecule has 0 atom stereocenters. The number of benzene rings is 2. The summed E-state index contributed by atoms with van der Waals surface area (Å²) in [6.45, 7) is 0.433. The van der Waals surface area contributed by atoms with Gasteiger partial charge >= 0.3 is 12.5 Å². The van der Waals surface area contributed by atoms with Gasteiger partial charge in [-0.2, -0.15) is 8.78 Å². The molecule has 0 N–H and O–H groups in total. The monoisotopic (exact) mass is 539 g/mol. The molecule has 0 radical (unpaired) electrons. The lowest BCUT2D eigenvalue weighted by Gasteiger charge is -2.33. The molecule has 5 rings (SSSR count). The van der Waals surface area contributed by atoms with E-state index in [9.17, 15) is 22.0 Å². The molecule has 1 fully saturated rings. The summed E-state index contributed by atoms with van der Waals surface area (Å²) >= 11 is 0. The normalized spacial score (nSPS) is 15.0. The molecule has 1 aliphatic rings. The molecule has 38 heavy (non-hydrogen) atoms. The number of carbonyl (C=O) groups is 1. The molecule has 196 valence electrons. The van der Waals surface area contributed by atoms with Gasteiger partial charge in [-0.15, -0.1) is 10.2 Å². The van der Waals surface area contributed by atoms with E-state index in [0.717, 1.165) is 16.7 Å². The van der Waals surface area contributed by atoms with E-state index in [0.29, 0.717) is 11.3 Å². The summed E-state index contributed by atoms with van der Waals surface area (Å²) in [6.07, 6.45) is 0.587. The quantitative estimate of drug-likeness (QED) is 0.352. The van der Waals surface area contributed by atoms with Crippen molar-refractivity contribution in [1.82, 2.24) is 20.1 Å². The molecular formula is C26H23F2N5O4S. The zero-order valence-corrected chi connectivity index (χ0v) is 20.9. The van der Waals surface area contributed by atoms with Crippen molar-refractivity contribution in [1.29, 1.82) is 0 Å². The van der Waals surface area contributed by atoms with Gasteiger partial charge in [-0.1, -0.05) is 30.3 Å². The summed E-state index contributed by atoms with van der Waals surface area (Å²) < 4.78 is 54.4. The minimum atomic E-state index is -3.15. The van der Waals surface area contributed by atoms with E-state index >= 15 is 0 Å². The topological polar surface area (TPSA) is 110 Å². The largest absolute Gasteiger partial charge is 0.415 e. The summed E-state index contributed by atoms with van der Waals surface area (Å²) in [4.78, 5) is 20.8. The highest BCUT2D eigenvalue weighted by Gasteiger charge is 2.29. The molecule has 0 bridgehead atoms. The molecule has 12 heteroatoms. The summed E-state index contributed by atoms with van der Waals surface area (Å²) in [5, 5.41) is 7.00. The molecule has 0 aliphatic carbocycles. The Balaban J connectivity index is 1.40. The Morgan fingerprint density at radius 1 is 0.947 bits per heavy atom. The van der Waals surface area contributed by atoms with Crippen molar-refractivity contribution in [3.05, 3.63) is 84.5 Å². The SMILES string of the molecule is O=C(N1CCS(=O)(=O)CC1)N(Cc1ccc(-c2nnc(C(F)F)o2)cc1)c1ccc(-c2cccnc2)cc1. The Kier molecular flexibility index (Phi) is 7.14. The zero-order valence-electron chi connectivity index (χ0n) is 20.1. The van der Waals surface area contributed by atoms with Gasteiger partial charge in [-0.3, -0.25) is 9.88 Å². The molecule has 0 saturated carbocycles. The van der Waals surface area contributed by atoms with E-state index in [4.69, 9.17) is 4.42 Å². The van der Waals surface area contributed by atoms with Crippen molar-refractivity contribution in [3.63, 3.8) is 0 Å². The summed E-state index contributed by atoms with van der Waals surface area (Å²) in [6, 6.07) is 17.7. The molecule has 1 aliphatic heterocycles. The standard InChI is InChI=1S/C26H23F2N5O4S/c27-23(28)25-31-30-24(37-25)20-5-3-18(4-6-20)17-33(26(34)32-12-14-38(35,36)15-13-32)22-9-7-19(8-10-22)21-2-1-11-29-16-21/h1-11,16,23H,12-15,17H2. The van der Waals surface area contributed by atoms with Crippen molar-refractivity contribution in [2.24, 2.45) is 0 Å². The van der Waals surface area contributed by atoms with Gasteiger partial charge in [0.1, 0.15) is 0 Å². The first-order valence-corrected chi connectivity index (χ1v) is 13.6. The molecule has 2 amide bonds. The fourth-order valence-corrected chi connectivity index (χ4v) is 5.29. The smallest absolute Gasteiger partial charge is 0.324 e. The van der Waals surface area contributed by atoms with Gasteiger partial charge in [-0.25, -0.2) is 13.2 Å². The van der Waals surface area contributed by atoms with Crippen molar-refractivity contribution < 1.29 is 26.4 Å². The predicted octanol–water partition coefficient (Wildman–Crippen LogP) is 4.59. The highest BCUT2D eigenvalue weighted by atomic mass is 32.2. The molecule has 4 aromatic rings. The van der Waals surface area contributed by atoms with Crippen LogP contribution in [0.15, 0.2) is 77.5 Å². The molecular weight excluding hydrogens is 516 g/mol. The Labute approximate surface area is 217 Å². The number of sulfone groups is 1. The van der Waals surface area contributed by atoms with E-state index < -0.39 is 22.2 Å². The number of nitrogens with zero attached hydrogens (tertiary/aromatic N) is 5. The molecule has 0 unspecified atom stereocenters. The Morgan fingerprint density at radius 3 is 2.24 bits per heavy atom. The average molecular weight is 540 g/mol. The van der Waals surface area contributed by atoms with Crippen molar-refractivity contribution >= 4 is 21.6 Å². The van der Waals surface area contributed by atoms with Crippen LogP contribution in [0.5, 0.6) is 0 Å². The van der Waals surface area contributed by atoms with Crippen LogP contribution in [0.3, 0.4) is 0 Å². The number of alkyl halides is 2. The molecule has 0 spiro atoms. The highest BCUT2D eigenvalue weighted by Crippen LogP contribution is 2.27. The Bertz CT molecular complexity index is 1500. The maximum atomic E-state index is 13.6. The van der Waals surface area contributed by atoms with Crippen molar-refractivity contribution in [2.45, 2.75) is 13.0 Å². The van der Waals surface area contributed by atoms with Gasteiger partial charge in [0, 0.05) is 36.7 Å². The number of hydrogen-bond acceptors (Lipinski definition) is 7. The molecule has 1 saturated heterocycles. The number of urea groups is 1. The van der Waals surface area contributed by atoms with Crippen molar-refractivity contribution in [2.75, 3.05) is 29.5 Å². The maximum Gasteiger partial charge on any atom is 0.324 e. The van der Waals surface area contributed by atoms with Crippen LogP contribution >= 0.6 is 0 Å². The summed E-state index contributed by atoms with van der Waals surface area (Å²) in [5.74, 6) is -0.933. The van der Waals surface area contributed by atoms with Crippen LogP contribution in [0, 0.1) is 0 Å². The predicted molar refractivity (Wildman–Crippen MR) is 136 cm³/mol. The third-order valence-electron chi connectivity index (χ3n) is 6.19. The minimum Gasteiger partial charge on any atom is -0.415 e. The van der Waals surface area contributed by atoms with E-state index in [1.165, 1.54) is 4.90 Å². The number of amides is 2. The van der Waals surface area contributed by atoms with Crippen LogP contribution in [-0.4, -0.2) is 59.1 Å². The van der Waals surface area contributed by atoms with E-state index in [2.05, 4.69) is 15.2 Å². The average Bonchev–Trinajstić information content (AvgIpc) is 3.43. The first-order valence-electron chi connectivity index (χ1n) is 11.8. The van der Waals surface area contributed by atoms with E-state index in [-0.39, 0.29) is 43.1 Å². The number of pyridine rings is 1. The number of aromatic nitrogens is 3. The van der Waals surface area contributed by atoms with Gasteiger partial charge in [0.25, 0.3) is 5.89 Å². The second-order valence-electron chi connectivity index (χ2n) is 8.74. The molecule has 2 aromatic carbocycles. The van der Waals surface area contributed by atoms with Gasteiger partial charge < -0.3 is 9.32 Å². The van der Waals surface area contributed by atoms with Crippen LogP contribution < -0.4 is 4.90 Å². The van der Waals surface area contributed by atoms with Gasteiger partial charge in [0.15, 0.2) is 9.84 Å². The molecule has 3 heterocycles. The van der Waals surface area contributed by atoms with Crippen LogP contribution in [0.2, 0.25) is 0 Å². The fraction of sp³-hybridized carbons (Fsp3) is 0.231. The fourth-order valence-electron chi connectivity index (χ4n) is 4.09. The van der Waals surface area contributed by atoms with Gasteiger partial charge in [0.2, 0.25) is 5.89 Å². The number of hydrogen-bond donors (Lipinski definition) is 0.